The minimum absolute atomic E-state index is 0.00224. The summed E-state index contributed by atoms with van der Waals surface area (Å²) in [4.78, 5) is 26.1. The van der Waals surface area contributed by atoms with E-state index in [2.05, 4.69) is 15.5 Å². The molecule has 1 aliphatic heterocycles. The molecule has 2 fully saturated rings. The first kappa shape index (κ1) is 16.0. The Morgan fingerprint density at radius 2 is 1.83 bits per heavy atom. The fourth-order valence-electron chi connectivity index (χ4n) is 2.85. The highest BCUT2D eigenvalue weighted by atomic mass is 16.2. The topological polar surface area (TPSA) is 87.5 Å². The Kier molecular flexibility index (Phi) is 4.63. The molecule has 1 aliphatic carbocycles. The highest BCUT2D eigenvalue weighted by Crippen LogP contribution is 2.32. The van der Waals surface area contributed by atoms with Crippen molar-refractivity contribution in [2.45, 2.75) is 37.3 Å². The van der Waals surface area contributed by atoms with E-state index in [4.69, 9.17) is 5.73 Å². The van der Waals surface area contributed by atoms with Crippen LogP contribution in [0.2, 0.25) is 0 Å². The van der Waals surface area contributed by atoms with Gasteiger partial charge in [0.1, 0.15) is 0 Å². The van der Waals surface area contributed by atoms with Gasteiger partial charge in [0.15, 0.2) is 0 Å². The molecule has 6 heteroatoms. The molecule has 0 radical (unpaired) electrons. The van der Waals surface area contributed by atoms with Gasteiger partial charge in [-0.2, -0.15) is 0 Å². The van der Waals surface area contributed by atoms with Crippen molar-refractivity contribution >= 4 is 17.5 Å². The van der Waals surface area contributed by atoms with Crippen LogP contribution in [0, 0.1) is 0 Å². The Labute approximate surface area is 136 Å². The minimum Gasteiger partial charge on any atom is -0.352 e. The van der Waals surface area contributed by atoms with E-state index in [-0.39, 0.29) is 17.9 Å². The number of nitrogens with one attached hydrogen (secondary N) is 2. The van der Waals surface area contributed by atoms with Crippen molar-refractivity contribution in [2.24, 2.45) is 5.73 Å². The molecule has 1 saturated heterocycles. The normalized spacial score (nSPS) is 20.7. The number of hydrogen-bond donors (Lipinski definition) is 3. The van der Waals surface area contributed by atoms with Gasteiger partial charge in [-0.1, -0.05) is 18.2 Å². The van der Waals surface area contributed by atoms with Crippen LogP contribution in [0.3, 0.4) is 0 Å². The number of carbonyl (C=O) groups excluding carboxylic acids is 2. The van der Waals surface area contributed by atoms with E-state index in [1.807, 2.05) is 30.3 Å². The second-order valence-electron chi connectivity index (χ2n) is 6.59. The Bertz CT molecular complexity index is 563. The molecule has 0 atom stereocenters. The molecule has 1 aromatic carbocycles. The molecular formula is C17H24N4O2. The lowest BCUT2D eigenvalue weighted by molar-refractivity contribution is -0.124. The summed E-state index contributed by atoms with van der Waals surface area (Å²) < 4.78 is 0. The summed E-state index contributed by atoms with van der Waals surface area (Å²) in [6.07, 6.45) is 3.30. The van der Waals surface area contributed by atoms with Crippen molar-refractivity contribution < 1.29 is 9.59 Å². The van der Waals surface area contributed by atoms with Crippen LogP contribution in [0.1, 0.15) is 25.7 Å². The molecule has 1 aromatic rings. The third-order valence-electron chi connectivity index (χ3n) is 4.59. The highest BCUT2D eigenvalue weighted by Gasteiger charge is 2.46. The first-order chi connectivity index (χ1) is 11.0. The Morgan fingerprint density at radius 3 is 2.43 bits per heavy atom. The van der Waals surface area contributed by atoms with E-state index >= 15 is 0 Å². The average Bonchev–Trinajstić information content (AvgIpc) is 3.29. The second kappa shape index (κ2) is 6.68. The van der Waals surface area contributed by atoms with Gasteiger partial charge in [-0.05, 0) is 37.8 Å². The molecule has 124 valence electrons. The molecule has 1 heterocycles. The van der Waals surface area contributed by atoms with Crippen molar-refractivity contribution in [3.63, 3.8) is 0 Å². The predicted molar refractivity (Wildman–Crippen MR) is 88.8 cm³/mol. The summed E-state index contributed by atoms with van der Waals surface area (Å²) in [5, 5.41) is 5.94. The number of nitrogens with zero attached hydrogens (tertiary/aromatic N) is 1. The second-order valence-corrected chi connectivity index (χ2v) is 6.59. The van der Waals surface area contributed by atoms with Crippen molar-refractivity contribution in [1.29, 1.82) is 0 Å². The molecule has 23 heavy (non-hydrogen) atoms. The largest absolute Gasteiger partial charge is 0.352 e. The molecule has 0 spiro atoms. The van der Waals surface area contributed by atoms with Crippen LogP contribution in [0.25, 0.3) is 0 Å². The molecule has 2 amide bonds. The van der Waals surface area contributed by atoms with Crippen molar-refractivity contribution in [3.05, 3.63) is 30.3 Å². The first-order valence-corrected chi connectivity index (χ1v) is 8.22. The number of para-hydroxylation sites is 1. The van der Waals surface area contributed by atoms with E-state index in [1.165, 1.54) is 0 Å². The summed E-state index contributed by atoms with van der Waals surface area (Å²) in [5.74, 6) is -0.0182. The summed E-state index contributed by atoms with van der Waals surface area (Å²) in [7, 11) is 0. The predicted octanol–water partition coefficient (Wildman–Crippen LogP) is 0.697. The van der Waals surface area contributed by atoms with E-state index in [9.17, 15) is 9.59 Å². The maximum Gasteiger partial charge on any atom is 0.240 e. The van der Waals surface area contributed by atoms with Gasteiger partial charge in [-0.3, -0.25) is 14.5 Å². The molecule has 4 N–H and O–H groups in total. The lowest BCUT2D eigenvalue weighted by Crippen LogP contribution is -2.51. The van der Waals surface area contributed by atoms with Gasteiger partial charge in [0.25, 0.3) is 0 Å². The quantitative estimate of drug-likeness (QED) is 0.746. The minimum atomic E-state index is -0.604. The van der Waals surface area contributed by atoms with Gasteiger partial charge in [0.05, 0.1) is 12.1 Å². The zero-order chi connectivity index (χ0) is 16.3. The smallest absolute Gasteiger partial charge is 0.240 e. The van der Waals surface area contributed by atoms with Crippen molar-refractivity contribution in [1.82, 2.24) is 10.2 Å². The Hall–Kier alpha value is -1.92. The lowest BCUT2D eigenvalue weighted by atomic mass is 10.0. The fourth-order valence-corrected chi connectivity index (χ4v) is 2.85. The Morgan fingerprint density at radius 1 is 1.17 bits per heavy atom. The molecule has 6 nitrogen and oxygen atoms in total. The maximum atomic E-state index is 12.0. The summed E-state index contributed by atoms with van der Waals surface area (Å²) in [5.41, 5.74) is 6.11. The molecule has 0 aromatic heterocycles. The average molecular weight is 316 g/mol. The van der Waals surface area contributed by atoms with Gasteiger partial charge in [-0.25, -0.2) is 0 Å². The number of hydrogen-bond acceptors (Lipinski definition) is 4. The number of anilines is 1. The number of carbonyl (C=O) groups is 2. The third kappa shape index (κ3) is 4.30. The number of piperidine rings is 1. The fraction of sp³-hybridized carbons (Fsp3) is 0.529. The van der Waals surface area contributed by atoms with Crippen LogP contribution < -0.4 is 16.4 Å². The van der Waals surface area contributed by atoms with Crippen molar-refractivity contribution in [3.8, 4) is 0 Å². The van der Waals surface area contributed by atoms with Crippen LogP contribution in [0.4, 0.5) is 5.69 Å². The lowest BCUT2D eigenvalue weighted by Gasteiger charge is -2.32. The first-order valence-electron chi connectivity index (χ1n) is 8.22. The van der Waals surface area contributed by atoms with E-state index in [0.29, 0.717) is 6.54 Å². The van der Waals surface area contributed by atoms with Gasteiger partial charge < -0.3 is 16.4 Å². The van der Waals surface area contributed by atoms with Gasteiger partial charge in [-0.15, -0.1) is 0 Å². The number of rotatable bonds is 5. The van der Waals surface area contributed by atoms with E-state index < -0.39 is 5.54 Å². The zero-order valence-corrected chi connectivity index (χ0v) is 13.3. The molecule has 1 saturated carbocycles. The maximum absolute atomic E-state index is 12.0. The van der Waals surface area contributed by atoms with Crippen molar-refractivity contribution in [2.75, 3.05) is 25.0 Å². The van der Waals surface area contributed by atoms with Crippen LogP contribution in [0.5, 0.6) is 0 Å². The third-order valence-corrected chi connectivity index (χ3v) is 4.59. The molecule has 0 unspecified atom stereocenters. The zero-order valence-electron chi connectivity index (χ0n) is 13.3. The van der Waals surface area contributed by atoms with Crippen LogP contribution >= 0.6 is 0 Å². The number of likely N-dealkylation sites (tertiary alicyclic amines) is 1. The molecular weight excluding hydrogens is 292 g/mol. The summed E-state index contributed by atoms with van der Waals surface area (Å²) >= 11 is 0. The highest BCUT2D eigenvalue weighted by molar-refractivity contribution is 5.92. The molecule has 3 rings (SSSR count). The van der Waals surface area contributed by atoms with E-state index in [1.54, 1.807) is 0 Å². The summed E-state index contributed by atoms with van der Waals surface area (Å²) in [6, 6.07) is 9.64. The number of nitrogens with two attached hydrogens (primary N) is 1. The van der Waals surface area contributed by atoms with E-state index in [0.717, 1.165) is 44.5 Å². The van der Waals surface area contributed by atoms with Crippen LogP contribution in [-0.4, -0.2) is 47.9 Å². The van der Waals surface area contributed by atoms with Gasteiger partial charge in [0.2, 0.25) is 11.8 Å². The standard InChI is InChI=1S/C17H24N4O2/c18-17(8-9-17)16(23)20-14-6-10-21(11-7-14)12-15(22)19-13-4-2-1-3-5-13/h1-5,14H,6-12,18H2,(H,19,22)(H,20,23). The number of amides is 2. The Balaban J connectivity index is 1.39. The van der Waals surface area contributed by atoms with Crippen LogP contribution in [0.15, 0.2) is 30.3 Å². The SMILES string of the molecule is NC1(C(=O)NC2CCN(CC(=O)Nc3ccccc3)CC2)CC1. The number of benzene rings is 1. The van der Waals surface area contributed by atoms with Crippen LogP contribution in [-0.2, 0) is 9.59 Å². The van der Waals surface area contributed by atoms with Gasteiger partial charge >= 0.3 is 0 Å². The monoisotopic (exact) mass is 316 g/mol. The van der Waals surface area contributed by atoms with Gasteiger partial charge in [0, 0.05) is 24.8 Å². The summed E-state index contributed by atoms with van der Waals surface area (Å²) in [6.45, 7) is 2.01. The molecule has 2 aliphatic rings. The molecule has 0 bridgehead atoms.